The summed E-state index contributed by atoms with van der Waals surface area (Å²) >= 11 is 0. The molecule has 1 aromatic heterocycles. The molecule has 0 aliphatic heterocycles. The van der Waals surface area contributed by atoms with Crippen LogP contribution in [0.2, 0.25) is 0 Å². The summed E-state index contributed by atoms with van der Waals surface area (Å²) in [4.78, 5) is 25.3. The highest BCUT2D eigenvalue weighted by Gasteiger charge is 2.10. The number of nitrogens with zero attached hydrogens (tertiary/aromatic N) is 1. The fraction of sp³-hybridized carbons (Fsp3) is 0.417. The van der Waals surface area contributed by atoms with Gasteiger partial charge >= 0.3 is 5.97 Å². The largest absolute Gasteiger partial charge is 0.481 e. The molecule has 6 heteroatoms. The third-order valence-electron chi connectivity index (χ3n) is 2.45. The maximum Gasteiger partial charge on any atom is 0.303 e. The molecule has 1 aromatic rings. The van der Waals surface area contributed by atoms with Gasteiger partial charge in [-0.3, -0.25) is 9.59 Å². The van der Waals surface area contributed by atoms with Crippen molar-refractivity contribution in [1.82, 2.24) is 10.3 Å². The first-order valence-corrected chi connectivity index (χ1v) is 5.60. The number of carbonyl (C=O) groups excluding carboxylic acids is 1. The highest BCUT2D eigenvalue weighted by Crippen LogP contribution is 2.05. The molecule has 2 N–H and O–H groups in total. The standard InChI is InChI=1S/C12H15FN2O3/c1-8(2-3-11(16)17)7-15-12(18)9-4-5-14-10(13)6-9/h4-6,8H,2-3,7H2,1H3,(H,15,18)(H,16,17). The molecule has 0 spiro atoms. The van der Waals surface area contributed by atoms with Gasteiger partial charge in [0.1, 0.15) is 0 Å². The first-order chi connectivity index (χ1) is 8.49. The van der Waals surface area contributed by atoms with Crippen molar-refractivity contribution >= 4 is 11.9 Å². The quantitative estimate of drug-likeness (QED) is 0.753. The van der Waals surface area contributed by atoms with Gasteiger partial charge in [0.2, 0.25) is 5.95 Å². The first-order valence-electron chi connectivity index (χ1n) is 5.60. The van der Waals surface area contributed by atoms with Gasteiger partial charge in [-0.05, 0) is 18.4 Å². The van der Waals surface area contributed by atoms with E-state index < -0.39 is 17.8 Å². The van der Waals surface area contributed by atoms with E-state index in [1.165, 1.54) is 12.3 Å². The monoisotopic (exact) mass is 254 g/mol. The lowest BCUT2D eigenvalue weighted by molar-refractivity contribution is -0.137. The van der Waals surface area contributed by atoms with Gasteiger partial charge in [0, 0.05) is 30.8 Å². The van der Waals surface area contributed by atoms with Crippen LogP contribution in [0.4, 0.5) is 4.39 Å². The Hall–Kier alpha value is -1.98. The number of aromatic nitrogens is 1. The molecule has 1 atom stereocenters. The summed E-state index contributed by atoms with van der Waals surface area (Å²) in [5.74, 6) is -1.90. The molecular weight excluding hydrogens is 239 g/mol. The molecule has 1 unspecified atom stereocenters. The molecule has 5 nitrogen and oxygen atoms in total. The molecule has 0 radical (unpaired) electrons. The van der Waals surface area contributed by atoms with Crippen LogP contribution in [-0.2, 0) is 4.79 Å². The third-order valence-corrected chi connectivity index (χ3v) is 2.45. The van der Waals surface area contributed by atoms with Crippen molar-refractivity contribution in [1.29, 1.82) is 0 Å². The van der Waals surface area contributed by atoms with E-state index in [0.29, 0.717) is 13.0 Å². The summed E-state index contributed by atoms with van der Waals surface area (Å²) < 4.78 is 12.8. The molecule has 1 rings (SSSR count). The van der Waals surface area contributed by atoms with E-state index in [2.05, 4.69) is 10.3 Å². The minimum atomic E-state index is -0.857. The van der Waals surface area contributed by atoms with Gasteiger partial charge in [-0.25, -0.2) is 4.98 Å². The molecule has 1 amide bonds. The smallest absolute Gasteiger partial charge is 0.303 e. The zero-order valence-electron chi connectivity index (χ0n) is 10.0. The van der Waals surface area contributed by atoms with Crippen LogP contribution in [-0.4, -0.2) is 28.5 Å². The molecule has 0 aliphatic rings. The van der Waals surface area contributed by atoms with Gasteiger partial charge in [-0.2, -0.15) is 4.39 Å². The fourth-order valence-electron chi connectivity index (χ4n) is 1.38. The number of rotatable bonds is 6. The second-order valence-corrected chi connectivity index (χ2v) is 4.11. The van der Waals surface area contributed by atoms with Crippen molar-refractivity contribution in [2.24, 2.45) is 5.92 Å². The van der Waals surface area contributed by atoms with E-state index in [1.807, 2.05) is 6.92 Å². The van der Waals surface area contributed by atoms with Gasteiger partial charge < -0.3 is 10.4 Å². The zero-order chi connectivity index (χ0) is 13.5. The van der Waals surface area contributed by atoms with Gasteiger partial charge in [0.25, 0.3) is 5.91 Å². The lowest BCUT2D eigenvalue weighted by Gasteiger charge is -2.11. The summed E-state index contributed by atoms with van der Waals surface area (Å²) in [7, 11) is 0. The molecule has 0 aliphatic carbocycles. The molecule has 0 fully saturated rings. The molecule has 0 aromatic carbocycles. The number of hydrogen-bond acceptors (Lipinski definition) is 3. The van der Waals surface area contributed by atoms with Gasteiger partial charge in [-0.1, -0.05) is 6.92 Å². The van der Waals surface area contributed by atoms with Crippen molar-refractivity contribution in [2.75, 3.05) is 6.54 Å². The van der Waals surface area contributed by atoms with E-state index in [9.17, 15) is 14.0 Å². The van der Waals surface area contributed by atoms with Crippen LogP contribution in [0.5, 0.6) is 0 Å². The SMILES string of the molecule is CC(CCC(=O)O)CNC(=O)c1ccnc(F)c1. The third kappa shape index (κ3) is 4.90. The Labute approximate surface area is 104 Å². The maximum atomic E-state index is 12.8. The minimum Gasteiger partial charge on any atom is -0.481 e. The molecular formula is C12H15FN2O3. The molecule has 98 valence electrons. The molecule has 0 saturated heterocycles. The number of carboxylic acid groups (broad SMARTS) is 1. The van der Waals surface area contributed by atoms with E-state index in [0.717, 1.165) is 6.07 Å². The topological polar surface area (TPSA) is 79.3 Å². The van der Waals surface area contributed by atoms with Crippen LogP contribution < -0.4 is 5.32 Å². The van der Waals surface area contributed by atoms with Crippen molar-refractivity contribution in [2.45, 2.75) is 19.8 Å². The van der Waals surface area contributed by atoms with Crippen LogP contribution in [0.25, 0.3) is 0 Å². The number of halogens is 1. The van der Waals surface area contributed by atoms with E-state index in [4.69, 9.17) is 5.11 Å². The maximum absolute atomic E-state index is 12.8. The Bertz CT molecular complexity index is 437. The average molecular weight is 254 g/mol. The number of nitrogens with one attached hydrogen (secondary N) is 1. The Morgan fingerprint density at radius 2 is 2.28 bits per heavy atom. The second kappa shape index (κ2) is 6.68. The number of carboxylic acids is 1. The Morgan fingerprint density at radius 1 is 1.56 bits per heavy atom. The summed E-state index contributed by atoms with van der Waals surface area (Å²) in [5.41, 5.74) is 0.202. The summed E-state index contributed by atoms with van der Waals surface area (Å²) in [6.07, 6.45) is 1.78. The van der Waals surface area contributed by atoms with Crippen LogP contribution in [0.15, 0.2) is 18.3 Å². The van der Waals surface area contributed by atoms with Crippen LogP contribution in [0, 0.1) is 11.9 Å². The Kier molecular flexibility index (Phi) is 5.23. The van der Waals surface area contributed by atoms with E-state index >= 15 is 0 Å². The van der Waals surface area contributed by atoms with Gasteiger partial charge in [0.15, 0.2) is 0 Å². The molecule has 18 heavy (non-hydrogen) atoms. The van der Waals surface area contributed by atoms with Crippen molar-refractivity contribution in [3.05, 3.63) is 29.8 Å². The Balaban J connectivity index is 2.39. The number of aliphatic carboxylic acids is 1. The summed E-state index contributed by atoms with van der Waals surface area (Å²) in [5, 5.41) is 11.1. The number of carbonyl (C=O) groups is 2. The van der Waals surface area contributed by atoms with E-state index in [-0.39, 0.29) is 17.9 Å². The lowest BCUT2D eigenvalue weighted by Crippen LogP contribution is -2.28. The predicted octanol–water partition coefficient (Wildman–Crippen LogP) is 1.45. The van der Waals surface area contributed by atoms with Gasteiger partial charge in [0.05, 0.1) is 0 Å². The second-order valence-electron chi connectivity index (χ2n) is 4.11. The number of amides is 1. The van der Waals surface area contributed by atoms with Gasteiger partial charge in [-0.15, -0.1) is 0 Å². The van der Waals surface area contributed by atoms with Crippen molar-refractivity contribution < 1.29 is 19.1 Å². The molecule has 0 saturated carbocycles. The summed E-state index contributed by atoms with van der Waals surface area (Å²) in [6, 6.07) is 2.47. The average Bonchev–Trinajstić information content (AvgIpc) is 2.33. The summed E-state index contributed by atoms with van der Waals surface area (Å²) in [6.45, 7) is 2.20. The van der Waals surface area contributed by atoms with E-state index in [1.54, 1.807) is 0 Å². The normalized spacial score (nSPS) is 11.9. The minimum absolute atomic E-state index is 0.0525. The lowest BCUT2D eigenvalue weighted by atomic mass is 10.1. The number of hydrogen-bond donors (Lipinski definition) is 2. The molecule has 1 heterocycles. The van der Waals surface area contributed by atoms with Crippen molar-refractivity contribution in [3.63, 3.8) is 0 Å². The predicted molar refractivity (Wildman–Crippen MR) is 62.6 cm³/mol. The van der Waals surface area contributed by atoms with Crippen LogP contribution >= 0.6 is 0 Å². The highest BCUT2D eigenvalue weighted by molar-refractivity contribution is 5.93. The van der Waals surface area contributed by atoms with Crippen molar-refractivity contribution in [3.8, 4) is 0 Å². The zero-order valence-corrected chi connectivity index (χ0v) is 10.0. The van der Waals surface area contributed by atoms with Crippen LogP contribution in [0.1, 0.15) is 30.1 Å². The fourth-order valence-corrected chi connectivity index (χ4v) is 1.38. The number of pyridine rings is 1. The first kappa shape index (κ1) is 14.1. The highest BCUT2D eigenvalue weighted by atomic mass is 19.1. The van der Waals surface area contributed by atoms with Crippen LogP contribution in [0.3, 0.4) is 0 Å². The molecule has 0 bridgehead atoms. The Morgan fingerprint density at radius 3 is 2.89 bits per heavy atom.